The van der Waals surface area contributed by atoms with Crippen LogP contribution in [0.3, 0.4) is 0 Å². The summed E-state index contributed by atoms with van der Waals surface area (Å²) in [4.78, 5) is 12.2. The maximum Gasteiger partial charge on any atom is 0.132 e. The van der Waals surface area contributed by atoms with E-state index in [1.165, 1.54) is 6.33 Å². The van der Waals surface area contributed by atoms with Gasteiger partial charge in [0.1, 0.15) is 12.1 Å². The molecule has 0 bridgehead atoms. The van der Waals surface area contributed by atoms with Crippen LogP contribution in [-0.4, -0.2) is 15.7 Å². The Hall–Kier alpha value is -1.45. The molecule has 2 N–H and O–H groups in total. The van der Waals surface area contributed by atoms with Crippen LogP contribution >= 0.6 is 0 Å². The predicted molar refractivity (Wildman–Crippen MR) is 42.4 cm³/mol. The lowest BCUT2D eigenvalue weighted by atomic mass is 10.2. The Bertz CT molecular complexity index is 329. The number of anilines is 1. The maximum absolute atomic E-state index is 5.61. The van der Waals surface area contributed by atoms with Crippen LogP contribution in [-0.2, 0) is 6.54 Å². The summed E-state index contributed by atoms with van der Waals surface area (Å²) < 4.78 is 0. The molecule has 0 spiro atoms. The summed E-state index contributed by atoms with van der Waals surface area (Å²) in [5, 5.41) is 0. The van der Waals surface area contributed by atoms with Crippen LogP contribution in [0.2, 0.25) is 0 Å². The molecule has 1 aliphatic heterocycles. The molecule has 0 aliphatic carbocycles. The molecule has 0 saturated carbocycles. The van der Waals surface area contributed by atoms with Gasteiger partial charge in [-0.2, -0.15) is 0 Å². The molecule has 0 amide bonds. The minimum Gasteiger partial charge on any atom is -0.383 e. The van der Waals surface area contributed by atoms with Crippen LogP contribution in [0.1, 0.15) is 18.2 Å². The molecule has 11 heavy (non-hydrogen) atoms. The molecule has 1 aromatic rings. The number of nitrogens with two attached hydrogens (primary N) is 1. The summed E-state index contributed by atoms with van der Waals surface area (Å²) >= 11 is 0. The fraction of sp³-hybridized carbons (Fsp3) is 0.286. The van der Waals surface area contributed by atoms with Crippen molar-refractivity contribution >= 4 is 11.5 Å². The van der Waals surface area contributed by atoms with E-state index in [0.717, 1.165) is 17.0 Å². The number of fused-ring (bicyclic) bond motifs is 1. The normalized spacial score (nSPS) is 14.5. The lowest BCUT2D eigenvalue weighted by molar-refractivity contribution is 1.05. The third-order valence-corrected chi connectivity index (χ3v) is 1.80. The van der Waals surface area contributed by atoms with Gasteiger partial charge >= 0.3 is 0 Å². The summed E-state index contributed by atoms with van der Waals surface area (Å²) in [6.07, 6.45) is 1.47. The first-order chi connectivity index (χ1) is 5.29. The highest BCUT2D eigenvalue weighted by Crippen LogP contribution is 2.19. The van der Waals surface area contributed by atoms with Gasteiger partial charge in [0.2, 0.25) is 0 Å². The van der Waals surface area contributed by atoms with Crippen molar-refractivity contribution in [3.63, 3.8) is 0 Å². The van der Waals surface area contributed by atoms with E-state index in [4.69, 9.17) is 5.73 Å². The van der Waals surface area contributed by atoms with E-state index >= 15 is 0 Å². The molecule has 1 aromatic heterocycles. The molecule has 0 atom stereocenters. The second-order valence-corrected chi connectivity index (χ2v) is 2.49. The van der Waals surface area contributed by atoms with Crippen LogP contribution in [0, 0.1) is 0 Å². The van der Waals surface area contributed by atoms with E-state index in [-0.39, 0.29) is 0 Å². The van der Waals surface area contributed by atoms with Gasteiger partial charge in [-0.1, -0.05) is 0 Å². The van der Waals surface area contributed by atoms with E-state index in [1.54, 1.807) is 0 Å². The fourth-order valence-electron chi connectivity index (χ4n) is 1.17. The van der Waals surface area contributed by atoms with Gasteiger partial charge in [-0.05, 0) is 6.92 Å². The van der Waals surface area contributed by atoms with Gasteiger partial charge in [0.05, 0.1) is 18.0 Å². The third-order valence-electron chi connectivity index (χ3n) is 1.80. The summed E-state index contributed by atoms with van der Waals surface area (Å²) in [6, 6.07) is 0. The van der Waals surface area contributed by atoms with Crippen LogP contribution < -0.4 is 5.73 Å². The van der Waals surface area contributed by atoms with Gasteiger partial charge in [0.25, 0.3) is 0 Å². The molecule has 0 aromatic carbocycles. The van der Waals surface area contributed by atoms with Crippen LogP contribution in [0.15, 0.2) is 11.3 Å². The zero-order valence-corrected chi connectivity index (χ0v) is 6.20. The van der Waals surface area contributed by atoms with Crippen molar-refractivity contribution in [2.24, 2.45) is 4.99 Å². The van der Waals surface area contributed by atoms with Crippen LogP contribution in [0.25, 0.3) is 0 Å². The quantitative estimate of drug-likeness (QED) is 0.578. The van der Waals surface area contributed by atoms with E-state index < -0.39 is 0 Å². The third kappa shape index (κ3) is 0.790. The molecule has 4 heteroatoms. The second-order valence-electron chi connectivity index (χ2n) is 2.49. The lowest BCUT2D eigenvalue weighted by Gasteiger charge is -1.98. The summed E-state index contributed by atoms with van der Waals surface area (Å²) in [6.45, 7) is 2.56. The van der Waals surface area contributed by atoms with Gasteiger partial charge in [0.15, 0.2) is 0 Å². The average molecular weight is 148 g/mol. The molecule has 2 rings (SSSR count). The van der Waals surface area contributed by atoms with Crippen molar-refractivity contribution in [2.75, 3.05) is 5.73 Å². The zero-order valence-electron chi connectivity index (χ0n) is 6.20. The molecular weight excluding hydrogens is 140 g/mol. The Morgan fingerprint density at radius 3 is 3.00 bits per heavy atom. The van der Waals surface area contributed by atoms with Gasteiger partial charge in [-0.3, -0.25) is 4.99 Å². The summed E-state index contributed by atoms with van der Waals surface area (Å²) in [7, 11) is 0. The summed E-state index contributed by atoms with van der Waals surface area (Å²) in [5.74, 6) is 0.551. The molecule has 2 heterocycles. The number of rotatable bonds is 0. The van der Waals surface area contributed by atoms with Crippen molar-refractivity contribution in [2.45, 2.75) is 13.5 Å². The second kappa shape index (κ2) is 2.02. The Kier molecular flexibility index (Phi) is 1.15. The highest BCUT2D eigenvalue weighted by molar-refractivity contribution is 6.00. The number of aromatic nitrogens is 2. The SMILES string of the molecule is CC1=NCc2c(N)ncnc21. The highest BCUT2D eigenvalue weighted by atomic mass is 15.0. The van der Waals surface area contributed by atoms with Crippen molar-refractivity contribution in [3.05, 3.63) is 17.6 Å². The summed E-state index contributed by atoms with van der Waals surface area (Å²) in [5.41, 5.74) is 8.43. The molecule has 0 radical (unpaired) electrons. The number of aliphatic imine (C=N–C) groups is 1. The number of hydrogen-bond acceptors (Lipinski definition) is 4. The standard InChI is InChI=1S/C7H8N4/c1-4-6-5(2-9-4)7(8)11-3-10-6/h3H,2H2,1H3,(H2,8,10,11). The van der Waals surface area contributed by atoms with Gasteiger partial charge < -0.3 is 5.73 Å². The first-order valence-electron chi connectivity index (χ1n) is 3.40. The first kappa shape index (κ1) is 6.27. The molecule has 0 unspecified atom stereocenters. The number of nitrogen functional groups attached to an aromatic ring is 1. The first-order valence-corrected chi connectivity index (χ1v) is 3.40. The van der Waals surface area contributed by atoms with Crippen LogP contribution in [0.5, 0.6) is 0 Å². The van der Waals surface area contributed by atoms with E-state index in [9.17, 15) is 0 Å². The Labute approximate surface area is 64.2 Å². The average Bonchev–Trinajstić information content (AvgIpc) is 2.35. The number of nitrogens with zero attached hydrogens (tertiary/aromatic N) is 3. The minimum atomic E-state index is 0.551. The van der Waals surface area contributed by atoms with E-state index in [1.807, 2.05) is 6.92 Å². The van der Waals surface area contributed by atoms with Crippen LogP contribution in [0.4, 0.5) is 5.82 Å². The molecule has 0 fully saturated rings. The Morgan fingerprint density at radius 2 is 2.27 bits per heavy atom. The molecule has 4 nitrogen and oxygen atoms in total. The van der Waals surface area contributed by atoms with Gasteiger partial charge in [-0.15, -0.1) is 0 Å². The van der Waals surface area contributed by atoms with Crippen molar-refractivity contribution in [3.8, 4) is 0 Å². The molecule has 1 aliphatic rings. The molecule has 0 saturated heterocycles. The fourth-order valence-corrected chi connectivity index (χ4v) is 1.17. The predicted octanol–water partition coefficient (Wildman–Crippen LogP) is 0.381. The molecular formula is C7H8N4. The van der Waals surface area contributed by atoms with E-state index in [0.29, 0.717) is 12.4 Å². The number of hydrogen-bond donors (Lipinski definition) is 1. The lowest BCUT2D eigenvalue weighted by Crippen LogP contribution is -2.02. The monoisotopic (exact) mass is 148 g/mol. The van der Waals surface area contributed by atoms with Gasteiger partial charge in [-0.25, -0.2) is 9.97 Å². The van der Waals surface area contributed by atoms with E-state index in [2.05, 4.69) is 15.0 Å². The maximum atomic E-state index is 5.61. The topological polar surface area (TPSA) is 64.2 Å². The van der Waals surface area contributed by atoms with Crippen molar-refractivity contribution in [1.82, 2.24) is 9.97 Å². The zero-order chi connectivity index (χ0) is 7.84. The minimum absolute atomic E-state index is 0.551. The molecule has 56 valence electrons. The van der Waals surface area contributed by atoms with Crippen molar-refractivity contribution in [1.29, 1.82) is 0 Å². The van der Waals surface area contributed by atoms with Crippen molar-refractivity contribution < 1.29 is 0 Å². The highest BCUT2D eigenvalue weighted by Gasteiger charge is 2.15. The largest absolute Gasteiger partial charge is 0.383 e. The van der Waals surface area contributed by atoms with Gasteiger partial charge in [0, 0.05) is 5.56 Å². The Balaban J connectivity index is 2.64. The smallest absolute Gasteiger partial charge is 0.132 e. The Morgan fingerprint density at radius 1 is 1.45 bits per heavy atom.